The van der Waals surface area contributed by atoms with E-state index in [0.717, 1.165) is 12.1 Å². The Labute approximate surface area is 389 Å². The minimum absolute atomic E-state index is 0.00117. The fraction of sp³-hybridized carbons (Fsp3) is 0.118. The zero-order valence-corrected chi connectivity index (χ0v) is 37.4. The smallest absolute Gasteiger partial charge is 0.211 e. The fourth-order valence-electron chi connectivity index (χ4n) is 7.49. The number of ether oxygens (including phenoxy) is 7. The Bertz CT molecular complexity index is 3580. The summed E-state index contributed by atoms with van der Waals surface area (Å²) in [6.45, 7) is 0. The number of benzene rings is 6. The Morgan fingerprint density at radius 2 is 0.841 bits per heavy atom. The van der Waals surface area contributed by atoms with Crippen LogP contribution in [0.25, 0.3) is 66.9 Å². The first-order valence-electron chi connectivity index (χ1n) is 20.4. The molecule has 0 fully saturated rings. The zero-order chi connectivity index (χ0) is 49.3. The summed E-state index contributed by atoms with van der Waals surface area (Å²) < 4.78 is 55.3. The molecule has 3 heterocycles. The number of phenols is 5. The monoisotopic (exact) mass is 940 g/mol. The maximum Gasteiger partial charge on any atom is 0.211 e. The molecule has 6 aromatic carbocycles. The Kier molecular flexibility index (Phi) is 12.6. The van der Waals surface area contributed by atoms with Gasteiger partial charge in [-0.1, -0.05) is 0 Å². The molecular formula is C51H40O18. The van der Waals surface area contributed by atoms with E-state index in [0.29, 0.717) is 51.2 Å². The first-order chi connectivity index (χ1) is 33.2. The van der Waals surface area contributed by atoms with Gasteiger partial charge in [0.1, 0.15) is 73.2 Å². The lowest BCUT2D eigenvalue weighted by atomic mass is 10.1. The molecule has 0 spiro atoms. The molecule has 0 saturated carbocycles. The first-order valence-corrected chi connectivity index (χ1v) is 20.4. The molecule has 5 N–H and O–H groups in total. The Hall–Kier alpha value is -9.45. The molecule has 18 heteroatoms. The van der Waals surface area contributed by atoms with Gasteiger partial charge in [-0.3, -0.25) is 14.4 Å². The molecule has 9 rings (SSSR count). The molecule has 0 saturated heterocycles. The predicted octanol–water partition coefficient (Wildman–Crippen LogP) is 9.07. The van der Waals surface area contributed by atoms with Crippen molar-refractivity contribution < 1.29 is 71.9 Å². The molecule has 0 unspecified atom stereocenters. The molecule has 0 atom stereocenters. The SMILES string of the molecule is COc1cc(-c2cc(=O)c3c(OC)c(OC)c(OC)cc3o2)cc(OC)c1OC.O=c1cc(-c2ccc(Oc3c(O)cc4oc(-c5ccc(O)cc5)cc(=O)c4c3O)cc2)oc2cc(O)cc(O)c12. The van der Waals surface area contributed by atoms with E-state index in [4.69, 9.17) is 46.4 Å². The molecule has 352 valence electrons. The van der Waals surface area contributed by atoms with Crippen LogP contribution in [-0.4, -0.2) is 68.2 Å². The number of hydrogen-bond donors (Lipinski definition) is 5. The van der Waals surface area contributed by atoms with Crippen LogP contribution in [0.5, 0.6) is 74.7 Å². The van der Waals surface area contributed by atoms with Crippen molar-refractivity contribution in [2.24, 2.45) is 0 Å². The normalized spacial score (nSPS) is 10.9. The van der Waals surface area contributed by atoms with Gasteiger partial charge in [-0.25, -0.2) is 0 Å². The second-order valence-corrected chi connectivity index (χ2v) is 14.8. The standard InChI is InChI=1S/C30H18O10.C21H22O8/c31-16-5-1-14(2-6-16)24-12-21(35)28-26(40-24)13-22(36)30(29(28)37)38-18-7-3-15(4-8-18)23-11-20(34)27-19(33)9-17(32)10-25(27)39-23;1-23-15-7-11(8-16(24-2)19(15)26-4)13-9-12(22)18-14(29-13)10-17(25-3)20(27-5)21(18)28-6/h1-13,31-33,36-37H;7-10H,1-6H3. The molecule has 0 amide bonds. The lowest BCUT2D eigenvalue weighted by Gasteiger charge is -2.15. The molecule has 0 aliphatic heterocycles. The van der Waals surface area contributed by atoms with Crippen LogP contribution < -0.4 is 49.4 Å². The van der Waals surface area contributed by atoms with Gasteiger partial charge in [0.05, 0.1) is 42.7 Å². The van der Waals surface area contributed by atoms with E-state index in [1.165, 1.54) is 91.2 Å². The molecule has 0 aliphatic carbocycles. The lowest BCUT2D eigenvalue weighted by molar-refractivity contribution is 0.324. The second kappa shape index (κ2) is 18.8. The second-order valence-electron chi connectivity index (χ2n) is 14.8. The van der Waals surface area contributed by atoms with Gasteiger partial charge in [-0.05, 0) is 60.7 Å². The predicted molar refractivity (Wildman–Crippen MR) is 251 cm³/mol. The van der Waals surface area contributed by atoms with Gasteiger partial charge >= 0.3 is 0 Å². The van der Waals surface area contributed by atoms with E-state index >= 15 is 0 Å². The number of rotatable bonds is 11. The quantitative estimate of drug-likeness (QED) is 0.0810. The van der Waals surface area contributed by atoms with Crippen molar-refractivity contribution in [3.63, 3.8) is 0 Å². The van der Waals surface area contributed by atoms with E-state index in [1.807, 2.05) is 0 Å². The minimum Gasteiger partial charge on any atom is -0.508 e. The Morgan fingerprint density at radius 1 is 0.377 bits per heavy atom. The van der Waals surface area contributed by atoms with Crippen LogP contribution in [0.4, 0.5) is 0 Å². The minimum atomic E-state index is -0.620. The summed E-state index contributed by atoms with van der Waals surface area (Å²) in [7, 11) is 8.95. The third-order valence-electron chi connectivity index (χ3n) is 10.7. The van der Waals surface area contributed by atoms with Crippen molar-refractivity contribution >= 4 is 32.9 Å². The zero-order valence-electron chi connectivity index (χ0n) is 37.4. The summed E-state index contributed by atoms with van der Waals surface area (Å²) in [6, 6.07) is 24.2. The highest BCUT2D eigenvalue weighted by Gasteiger charge is 2.24. The fourth-order valence-corrected chi connectivity index (χ4v) is 7.49. The van der Waals surface area contributed by atoms with Crippen molar-refractivity contribution in [3.05, 3.63) is 134 Å². The van der Waals surface area contributed by atoms with Gasteiger partial charge in [0.2, 0.25) is 17.2 Å². The van der Waals surface area contributed by atoms with Crippen molar-refractivity contribution in [3.8, 4) is 109 Å². The van der Waals surface area contributed by atoms with Gasteiger partial charge in [-0.2, -0.15) is 0 Å². The van der Waals surface area contributed by atoms with Crippen LogP contribution in [0.2, 0.25) is 0 Å². The van der Waals surface area contributed by atoms with Gasteiger partial charge in [0.15, 0.2) is 50.8 Å². The molecular weight excluding hydrogens is 901 g/mol. The molecule has 18 nitrogen and oxygen atoms in total. The summed E-state index contributed by atoms with van der Waals surface area (Å²) in [4.78, 5) is 38.3. The molecule has 0 bridgehead atoms. The highest BCUT2D eigenvalue weighted by molar-refractivity contribution is 5.91. The molecule has 3 aromatic heterocycles. The average Bonchev–Trinajstić information content (AvgIpc) is 3.33. The van der Waals surface area contributed by atoms with Crippen molar-refractivity contribution in [1.82, 2.24) is 0 Å². The first kappa shape index (κ1) is 46.1. The van der Waals surface area contributed by atoms with Gasteiger partial charge in [0.25, 0.3) is 0 Å². The number of methoxy groups -OCH3 is 6. The van der Waals surface area contributed by atoms with E-state index < -0.39 is 28.1 Å². The highest BCUT2D eigenvalue weighted by Crippen LogP contribution is 2.46. The summed E-state index contributed by atoms with van der Waals surface area (Å²) in [5.41, 5.74) is 0.375. The van der Waals surface area contributed by atoms with Crippen molar-refractivity contribution in [1.29, 1.82) is 0 Å². The maximum atomic E-state index is 12.9. The van der Waals surface area contributed by atoms with Crippen molar-refractivity contribution in [2.45, 2.75) is 0 Å². The highest BCUT2D eigenvalue weighted by atomic mass is 16.5. The third-order valence-corrected chi connectivity index (χ3v) is 10.7. The number of hydrogen-bond acceptors (Lipinski definition) is 18. The Morgan fingerprint density at radius 3 is 1.38 bits per heavy atom. The molecule has 9 aromatic rings. The van der Waals surface area contributed by atoms with Crippen LogP contribution in [0, 0.1) is 0 Å². The number of aromatic hydroxyl groups is 5. The van der Waals surface area contributed by atoms with E-state index in [1.54, 1.807) is 42.5 Å². The summed E-state index contributed by atoms with van der Waals surface area (Å²) in [6.07, 6.45) is 0. The molecule has 0 radical (unpaired) electrons. The van der Waals surface area contributed by atoms with E-state index in [2.05, 4.69) is 0 Å². The van der Waals surface area contributed by atoms with Gasteiger partial charge < -0.3 is 71.9 Å². The topological polar surface area (TPSA) is 256 Å². The van der Waals surface area contributed by atoms with E-state index in [9.17, 15) is 39.9 Å². The maximum absolute atomic E-state index is 12.9. The van der Waals surface area contributed by atoms with Crippen LogP contribution >= 0.6 is 0 Å². The number of fused-ring (bicyclic) bond motifs is 3. The third kappa shape index (κ3) is 8.72. The molecule has 69 heavy (non-hydrogen) atoms. The van der Waals surface area contributed by atoms with Crippen molar-refractivity contribution in [2.75, 3.05) is 42.7 Å². The summed E-state index contributed by atoms with van der Waals surface area (Å²) >= 11 is 0. The largest absolute Gasteiger partial charge is 0.508 e. The van der Waals surface area contributed by atoms with Crippen LogP contribution in [0.1, 0.15) is 0 Å². The van der Waals surface area contributed by atoms with Crippen LogP contribution in [0.3, 0.4) is 0 Å². The summed E-state index contributed by atoms with van der Waals surface area (Å²) in [5, 5.41) is 50.6. The number of phenolic OH excluding ortho intramolecular Hbond substituents is 5. The van der Waals surface area contributed by atoms with Gasteiger partial charge in [0, 0.05) is 59.2 Å². The average molecular weight is 941 g/mol. The van der Waals surface area contributed by atoms with Gasteiger partial charge in [-0.15, -0.1) is 0 Å². The summed E-state index contributed by atoms with van der Waals surface area (Å²) in [5.74, 6) is 0.975. The lowest BCUT2D eigenvalue weighted by Crippen LogP contribution is -2.05. The van der Waals surface area contributed by atoms with Crippen LogP contribution in [0.15, 0.2) is 131 Å². The molecule has 0 aliphatic rings. The Balaban J connectivity index is 0.000000196. The van der Waals surface area contributed by atoms with Crippen LogP contribution in [-0.2, 0) is 0 Å². The van der Waals surface area contributed by atoms with E-state index in [-0.39, 0.29) is 78.6 Å².